The highest BCUT2D eigenvalue weighted by atomic mass is 16.4. The number of aliphatic imine (C=N–C) groups is 1. The molecule has 3 heterocycles. The highest BCUT2D eigenvalue weighted by molar-refractivity contribution is 6.42. The van der Waals surface area contributed by atoms with E-state index in [2.05, 4.69) is 31.3 Å². The third-order valence-corrected chi connectivity index (χ3v) is 6.26. The Morgan fingerprint density at radius 3 is 2.46 bits per heavy atom. The zero-order chi connectivity index (χ0) is 29.9. The Morgan fingerprint density at radius 2 is 1.78 bits per heavy atom. The van der Waals surface area contributed by atoms with Gasteiger partial charge in [-0.3, -0.25) is 14.8 Å². The molecule has 5 rings (SSSR count). The van der Waals surface area contributed by atoms with Gasteiger partial charge in [-0.25, -0.2) is 9.78 Å². The van der Waals surface area contributed by atoms with Crippen LogP contribution in [0.4, 0.5) is 5.69 Å². The van der Waals surface area contributed by atoms with E-state index >= 15 is 0 Å². The Balaban J connectivity index is 0.000000244. The first-order valence-electron chi connectivity index (χ1n) is 13.0. The van der Waals surface area contributed by atoms with Crippen LogP contribution in [0.5, 0.6) is 0 Å². The Kier molecular flexibility index (Phi) is 10.3. The van der Waals surface area contributed by atoms with Gasteiger partial charge in [0.2, 0.25) is 5.82 Å². The van der Waals surface area contributed by atoms with Gasteiger partial charge in [0.05, 0.1) is 28.4 Å². The number of nitrogens with zero attached hydrogens (tertiary/aromatic N) is 6. The van der Waals surface area contributed by atoms with E-state index in [0.717, 1.165) is 17.7 Å². The number of benzene rings is 2. The van der Waals surface area contributed by atoms with Gasteiger partial charge in [0, 0.05) is 31.9 Å². The van der Waals surface area contributed by atoms with Crippen molar-refractivity contribution in [2.75, 3.05) is 18.9 Å². The van der Waals surface area contributed by atoms with Gasteiger partial charge in [0.15, 0.2) is 5.84 Å². The second-order valence-electron chi connectivity index (χ2n) is 8.52. The number of nitriles is 2. The van der Waals surface area contributed by atoms with Crippen LogP contribution in [0.25, 0.3) is 11.0 Å². The lowest BCUT2D eigenvalue weighted by Crippen LogP contribution is -2.44. The largest absolute Gasteiger partial charge is 0.475 e. The fourth-order valence-corrected chi connectivity index (χ4v) is 4.29. The molecule has 0 aliphatic carbocycles. The van der Waals surface area contributed by atoms with Crippen molar-refractivity contribution in [3.8, 4) is 12.1 Å². The third-order valence-electron chi connectivity index (χ3n) is 6.26. The Bertz CT molecular complexity index is 1660. The van der Waals surface area contributed by atoms with Crippen LogP contribution in [0.3, 0.4) is 0 Å². The van der Waals surface area contributed by atoms with E-state index in [9.17, 15) is 14.9 Å². The number of amides is 1. The first-order valence-corrected chi connectivity index (χ1v) is 13.0. The number of para-hydroxylation sites is 2. The Hall–Kier alpha value is -5.55. The summed E-state index contributed by atoms with van der Waals surface area (Å²) in [5.74, 6) is -1.24. The van der Waals surface area contributed by atoms with Gasteiger partial charge in [0.1, 0.15) is 17.7 Å². The number of fused-ring (bicyclic) bond motifs is 2. The number of amidine groups is 1. The summed E-state index contributed by atoms with van der Waals surface area (Å²) >= 11 is 0. The molecule has 11 nitrogen and oxygen atoms in total. The standard InChI is InChI=1S/C19H19N5O.C9H5N3O2.C2H6/c1-13-15-7-5-10-22-17(15)9-11-24(13)19(25)18(21-2)23-16-8-4-3-6-14(16)12-20;10-4-5-2-1-3-6-7(5)12-8(11-6)9(13)14;1-2/h3-8,10,13H,9,11H2,1-2H3,(H,21,23);1-3H,(H,11,12)(H,13,14);1-2H3. The molecule has 2 aromatic carbocycles. The maximum absolute atomic E-state index is 13.0. The van der Waals surface area contributed by atoms with Crippen LogP contribution in [-0.4, -0.2) is 56.3 Å². The highest BCUT2D eigenvalue weighted by Gasteiger charge is 2.30. The lowest BCUT2D eigenvalue weighted by atomic mass is 9.98. The van der Waals surface area contributed by atoms with Crippen LogP contribution in [-0.2, 0) is 11.2 Å². The monoisotopic (exact) mass is 550 g/mol. The minimum absolute atomic E-state index is 0.0743. The summed E-state index contributed by atoms with van der Waals surface area (Å²) in [4.78, 5) is 40.3. The maximum Gasteiger partial charge on any atom is 0.371 e. The zero-order valence-electron chi connectivity index (χ0n) is 23.2. The van der Waals surface area contributed by atoms with Crippen LogP contribution < -0.4 is 5.32 Å². The van der Waals surface area contributed by atoms with Crippen LogP contribution in [0.15, 0.2) is 65.8 Å². The van der Waals surface area contributed by atoms with E-state index in [-0.39, 0.29) is 23.6 Å². The molecule has 0 saturated heterocycles. The molecule has 2 aromatic heterocycles. The van der Waals surface area contributed by atoms with Crippen LogP contribution in [0.1, 0.15) is 59.8 Å². The summed E-state index contributed by atoms with van der Waals surface area (Å²) in [6.45, 7) is 6.58. The predicted molar refractivity (Wildman–Crippen MR) is 155 cm³/mol. The van der Waals surface area contributed by atoms with Gasteiger partial charge in [-0.15, -0.1) is 0 Å². The van der Waals surface area contributed by atoms with E-state index in [0.29, 0.717) is 34.4 Å². The van der Waals surface area contributed by atoms with Crippen molar-refractivity contribution in [1.29, 1.82) is 10.5 Å². The molecule has 4 aromatic rings. The fraction of sp³-hybridized carbons (Fsp3) is 0.233. The second kappa shape index (κ2) is 14.0. The molecule has 0 bridgehead atoms. The van der Waals surface area contributed by atoms with Gasteiger partial charge < -0.3 is 20.3 Å². The van der Waals surface area contributed by atoms with Crippen LogP contribution in [0.2, 0.25) is 0 Å². The van der Waals surface area contributed by atoms with E-state index in [1.54, 1.807) is 54.5 Å². The third kappa shape index (κ3) is 6.72. The molecule has 0 saturated carbocycles. The van der Waals surface area contributed by atoms with E-state index < -0.39 is 5.97 Å². The number of carbonyl (C=O) groups is 2. The number of aromatic carboxylic acids is 1. The van der Waals surface area contributed by atoms with E-state index in [1.165, 1.54) is 0 Å². The smallest absolute Gasteiger partial charge is 0.371 e. The second-order valence-corrected chi connectivity index (χ2v) is 8.52. The van der Waals surface area contributed by atoms with Crippen molar-refractivity contribution in [3.05, 3.63) is 89.0 Å². The lowest BCUT2D eigenvalue weighted by Gasteiger charge is -2.34. The number of nitrogens with one attached hydrogen (secondary N) is 2. The highest BCUT2D eigenvalue weighted by Crippen LogP contribution is 2.28. The minimum atomic E-state index is -1.13. The predicted octanol–water partition coefficient (Wildman–Crippen LogP) is 4.70. The van der Waals surface area contributed by atoms with Gasteiger partial charge in [-0.1, -0.05) is 38.1 Å². The molecule has 208 valence electrons. The summed E-state index contributed by atoms with van der Waals surface area (Å²) in [5, 5.41) is 29.6. The number of carboxylic acid groups (broad SMARTS) is 1. The molecule has 0 fully saturated rings. The molecule has 1 amide bonds. The number of H-pyrrole nitrogens is 1. The molecule has 11 heteroatoms. The molecule has 3 N–H and O–H groups in total. The number of anilines is 1. The van der Waals surface area contributed by atoms with Crippen molar-refractivity contribution in [3.63, 3.8) is 0 Å². The molecular formula is C30H30N8O3. The summed E-state index contributed by atoms with van der Waals surface area (Å²) in [7, 11) is 1.57. The Labute approximate surface area is 237 Å². The average Bonchev–Trinajstić information content (AvgIpc) is 3.47. The normalized spacial score (nSPS) is 13.8. The summed E-state index contributed by atoms with van der Waals surface area (Å²) in [5.41, 5.74) is 4.47. The van der Waals surface area contributed by atoms with Crippen molar-refractivity contribution in [2.24, 2.45) is 4.99 Å². The zero-order valence-corrected chi connectivity index (χ0v) is 23.2. The number of hydrogen-bond donors (Lipinski definition) is 3. The van der Waals surface area contributed by atoms with Gasteiger partial charge in [-0.2, -0.15) is 10.5 Å². The van der Waals surface area contributed by atoms with Crippen molar-refractivity contribution in [2.45, 2.75) is 33.2 Å². The number of pyridine rings is 1. The van der Waals surface area contributed by atoms with E-state index in [1.807, 2.05) is 45.0 Å². The Morgan fingerprint density at radius 1 is 1.07 bits per heavy atom. The number of carbonyl (C=O) groups excluding carboxylic acids is 1. The number of aromatic amines is 1. The van der Waals surface area contributed by atoms with Crippen molar-refractivity contribution < 1.29 is 14.7 Å². The molecule has 1 unspecified atom stereocenters. The first kappa shape index (κ1) is 30.0. The number of rotatable bonds is 2. The SMILES string of the molecule is CC.CN=C(Nc1ccccc1C#N)C(=O)N1CCc2ncccc2C1C.N#Cc1cccc2[nH]c(C(=O)O)nc12. The van der Waals surface area contributed by atoms with Crippen LogP contribution >= 0.6 is 0 Å². The van der Waals surface area contributed by atoms with Crippen molar-refractivity contribution in [1.82, 2.24) is 19.9 Å². The van der Waals surface area contributed by atoms with Crippen molar-refractivity contribution >= 4 is 34.4 Å². The van der Waals surface area contributed by atoms with Gasteiger partial charge >= 0.3 is 5.97 Å². The van der Waals surface area contributed by atoms with E-state index in [4.69, 9.17) is 10.4 Å². The number of carboxylic acids is 1. The minimum Gasteiger partial charge on any atom is -0.475 e. The molecule has 0 radical (unpaired) electrons. The molecule has 1 aliphatic heterocycles. The molecule has 1 atom stereocenters. The van der Waals surface area contributed by atoms with Gasteiger partial charge in [-0.05, 0) is 42.8 Å². The van der Waals surface area contributed by atoms with Crippen LogP contribution in [0, 0.1) is 22.7 Å². The maximum atomic E-state index is 13.0. The lowest BCUT2D eigenvalue weighted by molar-refractivity contribution is -0.126. The number of hydrogen-bond acceptors (Lipinski definition) is 7. The molecule has 0 spiro atoms. The molecule has 1 aliphatic rings. The molecular weight excluding hydrogens is 520 g/mol. The summed E-state index contributed by atoms with van der Waals surface area (Å²) in [6, 6.07) is 19.9. The number of aromatic nitrogens is 3. The fourth-order valence-electron chi connectivity index (χ4n) is 4.29. The number of imidazole rings is 1. The molecule has 41 heavy (non-hydrogen) atoms. The quantitative estimate of drug-likeness (QED) is 0.238. The van der Waals surface area contributed by atoms with Gasteiger partial charge in [0.25, 0.3) is 5.91 Å². The average molecular weight is 551 g/mol. The first-order chi connectivity index (χ1) is 19.9. The summed E-state index contributed by atoms with van der Waals surface area (Å²) < 4.78 is 0. The topological polar surface area (TPSA) is 171 Å². The summed E-state index contributed by atoms with van der Waals surface area (Å²) in [6.07, 6.45) is 2.50.